The van der Waals surface area contributed by atoms with Crippen LogP contribution in [-0.2, 0) is 4.79 Å². The van der Waals surface area contributed by atoms with E-state index in [2.05, 4.69) is 11.8 Å². The Bertz CT molecular complexity index is 166. The molecule has 56 valence electrons. The van der Waals surface area contributed by atoms with Crippen LogP contribution >= 0.6 is 0 Å². The molecule has 0 fully saturated rings. The highest BCUT2D eigenvalue weighted by Crippen LogP contribution is 1.84. The van der Waals surface area contributed by atoms with E-state index in [-0.39, 0.29) is 6.42 Å². The molecule has 0 aliphatic heterocycles. The predicted molar refractivity (Wildman–Crippen MR) is 36.8 cm³/mol. The molecule has 0 spiro atoms. The molecule has 0 aromatic heterocycles. The van der Waals surface area contributed by atoms with Crippen LogP contribution in [0.2, 0.25) is 0 Å². The van der Waals surface area contributed by atoms with Crippen LogP contribution in [-0.4, -0.2) is 17.2 Å². The Morgan fingerprint density at radius 2 is 2.20 bits per heavy atom. The minimum Gasteiger partial charge on any atom is -0.481 e. The van der Waals surface area contributed by atoms with Crippen molar-refractivity contribution >= 4 is 5.97 Å². The topological polar surface area (TPSA) is 89.3 Å². The molecule has 0 aliphatic rings. The van der Waals surface area contributed by atoms with E-state index >= 15 is 0 Å². The molecule has 0 unspecified atom stereocenters. The third-order valence-corrected chi connectivity index (χ3v) is 0.733. The van der Waals surface area contributed by atoms with Crippen LogP contribution < -0.4 is 11.5 Å². The monoisotopic (exact) mass is 142 g/mol. The van der Waals surface area contributed by atoms with Crippen LogP contribution in [0.1, 0.15) is 12.8 Å². The summed E-state index contributed by atoms with van der Waals surface area (Å²) in [7, 11) is 0. The van der Waals surface area contributed by atoms with Crippen LogP contribution in [0.3, 0.4) is 0 Å². The van der Waals surface area contributed by atoms with Gasteiger partial charge in [0.25, 0.3) is 0 Å². The zero-order chi connectivity index (χ0) is 7.98. The molecule has 0 amide bonds. The smallest absolute Gasteiger partial charge is 0.304 e. The molecule has 0 aromatic carbocycles. The Labute approximate surface area is 59.2 Å². The molecule has 5 N–H and O–H groups in total. The molecule has 0 heterocycles. The third kappa shape index (κ3) is 6.95. The zero-order valence-electron chi connectivity index (χ0n) is 5.50. The van der Waals surface area contributed by atoms with Gasteiger partial charge in [0.15, 0.2) is 0 Å². The summed E-state index contributed by atoms with van der Waals surface area (Å²) < 4.78 is 0. The van der Waals surface area contributed by atoms with Gasteiger partial charge in [-0.15, -0.1) is 0 Å². The van der Waals surface area contributed by atoms with Gasteiger partial charge >= 0.3 is 5.97 Å². The van der Waals surface area contributed by atoms with Crippen LogP contribution in [0.5, 0.6) is 0 Å². The van der Waals surface area contributed by atoms with Crippen LogP contribution in [0.4, 0.5) is 0 Å². The van der Waals surface area contributed by atoms with E-state index in [0.29, 0.717) is 6.42 Å². The highest BCUT2D eigenvalue weighted by atomic mass is 16.4. The summed E-state index contributed by atoms with van der Waals surface area (Å²) in [5.74, 6) is 4.12. The van der Waals surface area contributed by atoms with Crippen molar-refractivity contribution in [1.29, 1.82) is 0 Å². The SMILES string of the molecule is NC(N)C#CCCC(=O)O. The lowest BCUT2D eigenvalue weighted by atomic mass is 10.3. The van der Waals surface area contributed by atoms with Gasteiger partial charge < -0.3 is 16.6 Å². The maximum absolute atomic E-state index is 9.91. The number of carboxylic acids is 1. The van der Waals surface area contributed by atoms with Gasteiger partial charge in [-0.05, 0) is 0 Å². The first-order chi connectivity index (χ1) is 4.63. The number of rotatable bonds is 2. The average molecular weight is 142 g/mol. The molecule has 0 rings (SSSR count). The molecule has 0 atom stereocenters. The Hall–Kier alpha value is -1.05. The predicted octanol–water partition coefficient (Wildman–Crippen LogP) is -0.902. The maximum Gasteiger partial charge on any atom is 0.304 e. The molecule has 4 heteroatoms. The van der Waals surface area contributed by atoms with E-state index in [0.717, 1.165) is 0 Å². The third-order valence-electron chi connectivity index (χ3n) is 0.733. The minimum atomic E-state index is -0.861. The normalized spacial score (nSPS) is 8.70. The Kier molecular flexibility index (Phi) is 4.29. The number of hydrogen-bond donors (Lipinski definition) is 3. The second kappa shape index (κ2) is 4.79. The van der Waals surface area contributed by atoms with Gasteiger partial charge in [-0.25, -0.2) is 0 Å². The van der Waals surface area contributed by atoms with Crippen molar-refractivity contribution in [2.24, 2.45) is 11.5 Å². The summed E-state index contributed by atoms with van der Waals surface area (Å²) in [6, 6.07) is 0. The van der Waals surface area contributed by atoms with E-state index in [1.54, 1.807) is 0 Å². The van der Waals surface area contributed by atoms with E-state index in [1.165, 1.54) is 0 Å². The molecule has 4 nitrogen and oxygen atoms in total. The first-order valence-electron chi connectivity index (χ1n) is 2.84. The largest absolute Gasteiger partial charge is 0.481 e. The highest BCUT2D eigenvalue weighted by molar-refractivity contribution is 5.66. The van der Waals surface area contributed by atoms with E-state index in [1.807, 2.05) is 0 Å². The average Bonchev–Trinajstić information content (AvgIpc) is 1.79. The van der Waals surface area contributed by atoms with Crippen LogP contribution in [0.15, 0.2) is 0 Å². The van der Waals surface area contributed by atoms with Gasteiger partial charge in [0.1, 0.15) is 6.17 Å². The summed E-state index contributed by atoms with van der Waals surface area (Å²) >= 11 is 0. The van der Waals surface area contributed by atoms with Crippen molar-refractivity contribution in [2.45, 2.75) is 19.0 Å². The van der Waals surface area contributed by atoms with Crippen molar-refractivity contribution in [1.82, 2.24) is 0 Å². The second-order valence-electron chi connectivity index (χ2n) is 1.74. The van der Waals surface area contributed by atoms with Crippen LogP contribution in [0, 0.1) is 11.8 Å². The van der Waals surface area contributed by atoms with Crippen LogP contribution in [0.25, 0.3) is 0 Å². The zero-order valence-corrected chi connectivity index (χ0v) is 5.50. The summed E-state index contributed by atoms with van der Waals surface area (Å²) in [6.45, 7) is 0. The first-order valence-corrected chi connectivity index (χ1v) is 2.84. The van der Waals surface area contributed by atoms with E-state index in [9.17, 15) is 4.79 Å². The summed E-state index contributed by atoms with van der Waals surface area (Å²) in [6.07, 6.45) is -0.311. The lowest BCUT2D eigenvalue weighted by molar-refractivity contribution is -0.136. The molecule has 0 saturated carbocycles. The van der Waals surface area contributed by atoms with Gasteiger partial charge in [-0.1, -0.05) is 11.8 Å². The Morgan fingerprint density at radius 3 is 2.60 bits per heavy atom. The van der Waals surface area contributed by atoms with Gasteiger partial charge in [0.2, 0.25) is 0 Å². The molecule has 0 aliphatic carbocycles. The fraction of sp³-hybridized carbons (Fsp3) is 0.500. The second-order valence-corrected chi connectivity index (χ2v) is 1.74. The quantitative estimate of drug-likeness (QED) is 0.344. The van der Waals surface area contributed by atoms with E-state index < -0.39 is 12.1 Å². The van der Waals surface area contributed by atoms with Crippen molar-refractivity contribution in [3.8, 4) is 11.8 Å². The number of carbonyl (C=O) groups is 1. The van der Waals surface area contributed by atoms with Crippen molar-refractivity contribution < 1.29 is 9.90 Å². The first kappa shape index (κ1) is 8.95. The fourth-order valence-corrected chi connectivity index (χ4v) is 0.359. The van der Waals surface area contributed by atoms with Crippen molar-refractivity contribution in [3.63, 3.8) is 0 Å². The lowest BCUT2D eigenvalue weighted by Crippen LogP contribution is -2.27. The lowest BCUT2D eigenvalue weighted by Gasteiger charge is -1.88. The molecule has 0 radical (unpaired) electrons. The minimum absolute atomic E-state index is 0.0414. The molecule has 0 aromatic rings. The van der Waals surface area contributed by atoms with Gasteiger partial charge in [0.05, 0.1) is 6.42 Å². The number of carboxylic acid groups (broad SMARTS) is 1. The maximum atomic E-state index is 9.91. The standard InChI is InChI=1S/C6H10N2O2/c7-5(8)3-1-2-4-6(9)10/h5H,2,4,7-8H2,(H,9,10). The summed E-state index contributed by atoms with van der Waals surface area (Å²) in [4.78, 5) is 9.91. The molecule has 10 heavy (non-hydrogen) atoms. The molecule has 0 bridgehead atoms. The van der Waals surface area contributed by atoms with Crippen molar-refractivity contribution in [2.75, 3.05) is 0 Å². The van der Waals surface area contributed by atoms with E-state index in [4.69, 9.17) is 16.6 Å². The molecular weight excluding hydrogens is 132 g/mol. The van der Waals surface area contributed by atoms with Crippen molar-refractivity contribution in [3.05, 3.63) is 0 Å². The fourth-order valence-electron chi connectivity index (χ4n) is 0.359. The Morgan fingerprint density at radius 1 is 1.60 bits per heavy atom. The van der Waals surface area contributed by atoms with Gasteiger partial charge in [0, 0.05) is 6.42 Å². The Balaban J connectivity index is 3.38. The number of nitrogens with two attached hydrogens (primary N) is 2. The number of aliphatic carboxylic acids is 1. The van der Waals surface area contributed by atoms with Gasteiger partial charge in [-0.2, -0.15) is 0 Å². The van der Waals surface area contributed by atoms with Gasteiger partial charge in [-0.3, -0.25) is 4.79 Å². The molecular formula is C6H10N2O2. The summed E-state index contributed by atoms with van der Waals surface area (Å²) in [5.41, 5.74) is 10.1. The number of hydrogen-bond acceptors (Lipinski definition) is 3. The summed E-state index contributed by atoms with van der Waals surface area (Å²) in [5, 5.41) is 8.15. The highest BCUT2D eigenvalue weighted by Gasteiger charge is 1.91. The molecule has 0 saturated heterocycles.